The molecule has 2 aromatic carbocycles. The zero-order valence-electron chi connectivity index (χ0n) is 38.4. The average molecular weight is 911 g/mol. The number of rotatable bonds is 24. The second-order valence-electron chi connectivity index (χ2n) is 16.9. The normalized spacial score (nSPS) is 13.3. The van der Waals surface area contributed by atoms with E-state index in [4.69, 9.17) is 19.9 Å². The van der Waals surface area contributed by atoms with Crippen molar-refractivity contribution in [1.29, 1.82) is 0 Å². The highest BCUT2D eigenvalue weighted by Crippen LogP contribution is 2.29. The van der Waals surface area contributed by atoms with E-state index in [0.29, 0.717) is 30.7 Å². The maximum atomic E-state index is 14.3. The average Bonchev–Trinajstić information content (AvgIpc) is 3.63. The number of nitrogens with one attached hydrogen (secondary N) is 7. The van der Waals surface area contributed by atoms with Crippen LogP contribution in [0.15, 0.2) is 48.7 Å². The second kappa shape index (κ2) is 24.9. The molecule has 0 aliphatic heterocycles. The molecule has 0 unspecified atom stereocenters. The highest BCUT2D eigenvalue weighted by molar-refractivity contribution is 8.00. The molecule has 0 saturated carbocycles. The van der Waals surface area contributed by atoms with E-state index in [9.17, 15) is 33.6 Å². The number of alkyl carbamates (subject to hydrolysis) is 1. The molecule has 0 aliphatic carbocycles. The Balaban J connectivity index is 1.81. The fourth-order valence-corrected chi connectivity index (χ4v) is 7.52. The number of aryl methyl sites for hydroxylation is 1. The molecule has 1 aromatic heterocycles. The number of unbranched alkanes of at least 4 members (excludes halogenated alkanes) is 1. The van der Waals surface area contributed by atoms with Gasteiger partial charge in [-0.1, -0.05) is 30.3 Å². The molecule has 0 radical (unpaired) electrons. The summed E-state index contributed by atoms with van der Waals surface area (Å²) in [5, 5.41) is 17.4. The number of thioether (sulfide) groups is 1. The molecule has 3 aromatic rings. The first kappa shape index (κ1) is 52.5. The fraction of sp³-hybridized carbons (Fsp3) is 0.533. The van der Waals surface area contributed by atoms with Crippen molar-refractivity contribution < 1.29 is 47.8 Å². The van der Waals surface area contributed by atoms with Gasteiger partial charge in [-0.15, -0.1) is 11.8 Å². The van der Waals surface area contributed by atoms with Crippen molar-refractivity contribution >= 4 is 64.3 Å². The van der Waals surface area contributed by atoms with Gasteiger partial charge in [0, 0.05) is 48.7 Å². The Morgan fingerprint density at radius 2 is 1.45 bits per heavy atom. The van der Waals surface area contributed by atoms with Crippen molar-refractivity contribution in [2.45, 2.75) is 122 Å². The molecule has 19 heteroatoms. The van der Waals surface area contributed by atoms with E-state index in [1.807, 2.05) is 31.3 Å². The number of aromatic amines is 1. The van der Waals surface area contributed by atoms with Gasteiger partial charge in [0.15, 0.2) is 0 Å². The molecule has 64 heavy (non-hydrogen) atoms. The lowest BCUT2D eigenvalue weighted by atomic mass is 9.99. The number of methoxy groups -OCH3 is 1. The highest BCUT2D eigenvalue weighted by atomic mass is 32.2. The summed E-state index contributed by atoms with van der Waals surface area (Å²) in [6.45, 7) is 14.2. The zero-order valence-corrected chi connectivity index (χ0v) is 39.2. The van der Waals surface area contributed by atoms with Crippen LogP contribution in [-0.4, -0.2) is 114 Å². The van der Waals surface area contributed by atoms with Crippen molar-refractivity contribution in [3.63, 3.8) is 0 Å². The van der Waals surface area contributed by atoms with Gasteiger partial charge in [0.05, 0.1) is 25.6 Å². The van der Waals surface area contributed by atoms with Crippen LogP contribution in [0.5, 0.6) is 5.75 Å². The summed E-state index contributed by atoms with van der Waals surface area (Å²) in [7, 11) is 1.19. The Kier molecular flexibility index (Phi) is 20.4. The van der Waals surface area contributed by atoms with E-state index < -0.39 is 64.3 Å². The van der Waals surface area contributed by atoms with E-state index in [-0.39, 0.29) is 50.1 Å². The van der Waals surface area contributed by atoms with Crippen LogP contribution in [0.25, 0.3) is 10.9 Å². The van der Waals surface area contributed by atoms with Gasteiger partial charge in [0.2, 0.25) is 29.5 Å². The topological polar surface area (TPSA) is 261 Å². The zero-order chi connectivity index (χ0) is 47.6. The molecular formula is C45H66N8O10S. The van der Waals surface area contributed by atoms with Gasteiger partial charge in [-0.05, 0) is 96.0 Å². The number of fused-ring (bicyclic) bond motifs is 1. The predicted octanol–water partition coefficient (Wildman–Crippen LogP) is 3.03. The second-order valence-corrected chi connectivity index (χ2v) is 18.6. The molecule has 0 bridgehead atoms. The fourth-order valence-electron chi connectivity index (χ4n) is 6.54. The number of carbonyl (C=O) groups is 7. The van der Waals surface area contributed by atoms with Crippen molar-refractivity contribution in [2.75, 3.05) is 32.7 Å². The van der Waals surface area contributed by atoms with Crippen molar-refractivity contribution in [2.24, 2.45) is 5.73 Å². The smallest absolute Gasteiger partial charge is 0.407 e. The molecule has 6 amide bonds. The van der Waals surface area contributed by atoms with Crippen molar-refractivity contribution in [3.8, 4) is 5.75 Å². The van der Waals surface area contributed by atoms with Crippen LogP contribution in [0.3, 0.4) is 0 Å². The van der Waals surface area contributed by atoms with Gasteiger partial charge in [-0.2, -0.15) is 0 Å². The Bertz CT molecular complexity index is 2070. The number of para-hydroxylation sites is 1. The largest absolute Gasteiger partial charge is 0.492 e. The van der Waals surface area contributed by atoms with Crippen LogP contribution in [0, 0.1) is 6.92 Å². The third-order valence-corrected chi connectivity index (χ3v) is 11.2. The van der Waals surface area contributed by atoms with Crippen LogP contribution in [0.2, 0.25) is 0 Å². The minimum Gasteiger partial charge on any atom is -0.492 e. The van der Waals surface area contributed by atoms with E-state index in [1.54, 1.807) is 58.9 Å². The van der Waals surface area contributed by atoms with Gasteiger partial charge < -0.3 is 56.8 Å². The number of H-pyrrole nitrogens is 1. The van der Waals surface area contributed by atoms with Crippen LogP contribution in [0.4, 0.5) is 4.79 Å². The molecular weight excluding hydrogens is 845 g/mol. The molecule has 18 nitrogen and oxygen atoms in total. The van der Waals surface area contributed by atoms with E-state index in [1.165, 1.54) is 32.7 Å². The number of aromatic nitrogens is 1. The summed E-state index contributed by atoms with van der Waals surface area (Å²) in [4.78, 5) is 93.9. The van der Waals surface area contributed by atoms with Gasteiger partial charge in [-0.25, -0.2) is 9.59 Å². The van der Waals surface area contributed by atoms with Crippen LogP contribution < -0.4 is 42.4 Å². The number of ether oxygens (including phenoxy) is 3. The summed E-state index contributed by atoms with van der Waals surface area (Å²) in [6.07, 6.45) is 2.51. The maximum absolute atomic E-state index is 14.3. The summed E-state index contributed by atoms with van der Waals surface area (Å²) >= 11 is 1.19. The predicted molar refractivity (Wildman–Crippen MR) is 245 cm³/mol. The lowest BCUT2D eigenvalue weighted by Crippen LogP contribution is -2.62. The van der Waals surface area contributed by atoms with Gasteiger partial charge >= 0.3 is 12.1 Å². The third kappa shape index (κ3) is 17.7. The van der Waals surface area contributed by atoms with Crippen LogP contribution in [0.1, 0.15) is 84.4 Å². The van der Waals surface area contributed by atoms with E-state index in [0.717, 1.165) is 22.0 Å². The summed E-state index contributed by atoms with van der Waals surface area (Å²) in [6, 6.07) is 7.97. The summed E-state index contributed by atoms with van der Waals surface area (Å²) in [5.41, 5.74) is 9.26. The number of hydrogen-bond acceptors (Lipinski definition) is 12. The number of hydrogen-bond donors (Lipinski definition) is 8. The van der Waals surface area contributed by atoms with Gasteiger partial charge in [0.25, 0.3) is 0 Å². The number of esters is 1. The Hall–Kier alpha value is -5.82. The molecule has 9 N–H and O–H groups in total. The molecule has 4 atom stereocenters. The SMILES string of the molecule is COC(=O)[C@H](Cc1ccc(OCCNC(=O)OC(C)(C)C)cc1)NC(=O)[C@@H](NC(=O)[C@H](CCCCNC(C)=O)NC(=O)[C@@H](N)Cc1c[nH]c2c(C)cccc12)C(C)(C)SCNC(C)=O. The summed E-state index contributed by atoms with van der Waals surface area (Å²) < 4.78 is 14.9. The number of benzene rings is 2. The van der Waals surface area contributed by atoms with E-state index >= 15 is 0 Å². The first-order chi connectivity index (χ1) is 30.1. The quantitative estimate of drug-likeness (QED) is 0.0367. The molecule has 1 heterocycles. The highest BCUT2D eigenvalue weighted by Gasteiger charge is 2.40. The molecule has 0 spiro atoms. The number of amides is 6. The standard InChI is InChI=1S/C45H66N8O10S/c1-27-13-12-14-33-31(25-49-37(27)33)24-34(46)39(56)51-35(15-10-11-20-47-28(2)54)40(57)53-38(45(7,8)64-26-50-29(3)55)41(58)52-36(42(59)61-9)23-30-16-18-32(19-17-30)62-22-21-48-43(60)63-44(4,5)6/h12-14,16-19,25,34-36,38,49H,10-11,15,20-24,26,46H2,1-9H3,(H,47,54)(H,48,60)(H,50,55)(H,51,56)(H,52,58)(H,53,57)/t34-,35-,36-,38+/m0/s1. The van der Waals surface area contributed by atoms with Crippen molar-refractivity contribution in [1.82, 2.24) is 36.9 Å². The minimum atomic E-state index is -1.31. The van der Waals surface area contributed by atoms with Crippen LogP contribution >= 0.6 is 11.8 Å². The lowest BCUT2D eigenvalue weighted by molar-refractivity contribution is -0.145. The Morgan fingerprint density at radius 1 is 0.781 bits per heavy atom. The van der Waals surface area contributed by atoms with Gasteiger partial charge in [-0.3, -0.25) is 24.0 Å². The monoisotopic (exact) mass is 910 g/mol. The molecule has 3 rings (SSSR count). The molecule has 0 fully saturated rings. The molecule has 0 saturated heterocycles. The number of carbonyl (C=O) groups excluding carboxylic acids is 7. The third-order valence-electron chi connectivity index (χ3n) is 9.93. The minimum absolute atomic E-state index is 0.0138. The first-order valence-corrected chi connectivity index (χ1v) is 22.2. The molecule has 0 aliphatic rings. The summed E-state index contributed by atoms with van der Waals surface area (Å²) in [5.74, 6) is -2.62. The maximum Gasteiger partial charge on any atom is 0.407 e. The van der Waals surface area contributed by atoms with Gasteiger partial charge in [0.1, 0.15) is 36.1 Å². The lowest BCUT2D eigenvalue weighted by Gasteiger charge is -2.35. The van der Waals surface area contributed by atoms with Crippen molar-refractivity contribution in [3.05, 3.63) is 65.4 Å². The first-order valence-electron chi connectivity index (χ1n) is 21.2. The van der Waals surface area contributed by atoms with Crippen LogP contribution in [-0.2, 0) is 51.1 Å². The molecule has 352 valence electrons. The van der Waals surface area contributed by atoms with E-state index in [2.05, 4.69) is 36.9 Å². The Labute approximate surface area is 379 Å². The Morgan fingerprint density at radius 3 is 2.09 bits per heavy atom. The number of nitrogens with two attached hydrogens (primary N) is 1.